The number of hydrogen-bond donors (Lipinski definition) is 1. The van der Waals surface area contributed by atoms with Crippen LogP contribution in [-0.2, 0) is 4.79 Å². The van der Waals surface area contributed by atoms with Gasteiger partial charge in [-0.1, -0.05) is 26.0 Å². The van der Waals surface area contributed by atoms with E-state index < -0.39 is 5.97 Å². The van der Waals surface area contributed by atoms with E-state index in [1.165, 1.54) is 0 Å². The topological polar surface area (TPSA) is 40.5 Å². The molecule has 0 aliphatic carbocycles. The van der Waals surface area contributed by atoms with Gasteiger partial charge in [0.15, 0.2) is 0 Å². The summed E-state index contributed by atoms with van der Waals surface area (Å²) in [5, 5.41) is 8.73. The second kappa shape index (κ2) is 10.3. The third-order valence-electron chi connectivity index (χ3n) is 2.77. The van der Waals surface area contributed by atoms with Gasteiger partial charge in [-0.3, -0.25) is 4.79 Å². The third kappa shape index (κ3) is 8.93. The van der Waals surface area contributed by atoms with Crippen molar-refractivity contribution in [3.05, 3.63) is 12.2 Å². The van der Waals surface area contributed by atoms with Gasteiger partial charge in [0.1, 0.15) is 0 Å². The Kier molecular flexibility index (Phi) is 9.83. The summed E-state index contributed by atoms with van der Waals surface area (Å²) in [5.41, 5.74) is 0. The van der Waals surface area contributed by atoms with E-state index in [9.17, 15) is 4.79 Å². The van der Waals surface area contributed by atoms with Gasteiger partial charge in [0, 0.05) is 13.0 Å². The fraction of sp³-hybridized carbons (Fsp3) is 0.786. The maximum Gasteiger partial charge on any atom is 0.303 e. The summed E-state index contributed by atoms with van der Waals surface area (Å²) in [7, 11) is 0. The molecule has 17 heavy (non-hydrogen) atoms. The van der Waals surface area contributed by atoms with Gasteiger partial charge >= 0.3 is 5.97 Å². The second-order valence-electron chi connectivity index (χ2n) is 4.52. The average molecular weight is 241 g/mol. The molecular formula is C14H27NO2. The van der Waals surface area contributed by atoms with E-state index in [1.54, 1.807) is 0 Å². The molecule has 0 aliphatic rings. The molecule has 3 heteroatoms. The van der Waals surface area contributed by atoms with Crippen molar-refractivity contribution >= 4 is 5.97 Å². The first-order valence-corrected chi connectivity index (χ1v) is 6.70. The Hall–Kier alpha value is -0.830. The lowest BCUT2D eigenvalue weighted by Gasteiger charge is -2.25. The van der Waals surface area contributed by atoms with Gasteiger partial charge in [-0.25, -0.2) is 0 Å². The Balaban J connectivity index is 4.21. The monoisotopic (exact) mass is 241 g/mol. The highest BCUT2D eigenvalue weighted by Crippen LogP contribution is 2.12. The molecule has 1 N–H and O–H groups in total. The lowest BCUT2D eigenvalue weighted by molar-refractivity contribution is -0.137. The number of nitrogens with zero attached hydrogens (tertiary/aromatic N) is 1. The Morgan fingerprint density at radius 1 is 1.29 bits per heavy atom. The minimum Gasteiger partial charge on any atom is -0.481 e. The molecule has 0 heterocycles. The normalized spacial score (nSPS) is 13.4. The first kappa shape index (κ1) is 16.2. The summed E-state index contributed by atoms with van der Waals surface area (Å²) < 4.78 is 0. The lowest BCUT2D eigenvalue weighted by Crippen LogP contribution is -2.30. The molecule has 0 radical (unpaired) electrons. The van der Waals surface area contributed by atoms with E-state index >= 15 is 0 Å². The van der Waals surface area contributed by atoms with Crippen molar-refractivity contribution in [2.45, 2.75) is 46.5 Å². The van der Waals surface area contributed by atoms with Crippen LogP contribution in [0.5, 0.6) is 0 Å². The number of allylic oxidation sites excluding steroid dienone is 1. The zero-order valence-electron chi connectivity index (χ0n) is 11.5. The van der Waals surface area contributed by atoms with E-state index in [2.05, 4.69) is 24.8 Å². The highest BCUT2D eigenvalue weighted by molar-refractivity contribution is 5.66. The molecule has 0 fully saturated rings. The predicted molar refractivity (Wildman–Crippen MR) is 72.2 cm³/mol. The molecule has 3 nitrogen and oxygen atoms in total. The quantitative estimate of drug-likeness (QED) is 0.597. The first-order chi connectivity index (χ1) is 8.13. The van der Waals surface area contributed by atoms with E-state index in [0.29, 0.717) is 5.92 Å². The third-order valence-corrected chi connectivity index (χ3v) is 2.77. The summed E-state index contributed by atoms with van der Waals surface area (Å²) in [5.74, 6) is -0.328. The summed E-state index contributed by atoms with van der Waals surface area (Å²) in [4.78, 5) is 13.0. The molecule has 0 rings (SSSR count). The number of aliphatic carboxylic acids is 1. The molecule has 0 aromatic rings. The largest absolute Gasteiger partial charge is 0.481 e. The van der Waals surface area contributed by atoms with Gasteiger partial charge in [-0.15, -0.1) is 0 Å². The summed E-state index contributed by atoms with van der Waals surface area (Å²) in [6.45, 7) is 9.57. The zero-order chi connectivity index (χ0) is 13.1. The van der Waals surface area contributed by atoms with E-state index in [1.807, 2.05) is 13.0 Å². The smallest absolute Gasteiger partial charge is 0.303 e. The molecule has 1 unspecified atom stereocenters. The highest BCUT2D eigenvalue weighted by Gasteiger charge is 2.12. The number of hydrogen-bond acceptors (Lipinski definition) is 2. The van der Waals surface area contributed by atoms with Crippen LogP contribution in [-0.4, -0.2) is 35.6 Å². The van der Waals surface area contributed by atoms with Crippen LogP contribution in [0.3, 0.4) is 0 Å². The SMILES string of the molecule is C/C=C/C(CCC(=O)O)CN(CCC)CCC. The number of carboxylic acids is 1. The molecule has 0 bridgehead atoms. The Morgan fingerprint density at radius 3 is 2.29 bits per heavy atom. The van der Waals surface area contributed by atoms with Gasteiger partial charge in [-0.05, 0) is 45.2 Å². The number of carbonyl (C=O) groups is 1. The van der Waals surface area contributed by atoms with Crippen molar-refractivity contribution in [1.29, 1.82) is 0 Å². The number of rotatable bonds is 10. The van der Waals surface area contributed by atoms with Crippen molar-refractivity contribution in [1.82, 2.24) is 4.90 Å². The Morgan fingerprint density at radius 2 is 1.88 bits per heavy atom. The van der Waals surface area contributed by atoms with Gasteiger partial charge in [-0.2, -0.15) is 0 Å². The molecule has 0 aromatic carbocycles. The summed E-state index contributed by atoms with van der Waals surface area (Å²) in [6, 6.07) is 0. The van der Waals surface area contributed by atoms with Crippen LogP contribution in [0.2, 0.25) is 0 Å². The molecule has 100 valence electrons. The van der Waals surface area contributed by atoms with Crippen LogP contribution < -0.4 is 0 Å². The fourth-order valence-electron chi connectivity index (χ4n) is 2.09. The number of carboxylic acid groups (broad SMARTS) is 1. The Bertz CT molecular complexity index is 220. The van der Waals surface area contributed by atoms with Crippen molar-refractivity contribution in [3.8, 4) is 0 Å². The van der Waals surface area contributed by atoms with Crippen LogP contribution in [0, 0.1) is 5.92 Å². The van der Waals surface area contributed by atoms with Gasteiger partial charge in [0.25, 0.3) is 0 Å². The molecule has 0 spiro atoms. The van der Waals surface area contributed by atoms with E-state index in [4.69, 9.17) is 5.11 Å². The van der Waals surface area contributed by atoms with E-state index in [0.717, 1.165) is 38.9 Å². The van der Waals surface area contributed by atoms with E-state index in [-0.39, 0.29) is 6.42 Å². The fourth-order valence-corrected chi connectivity index (χ4v) is 2.09. The van der Waals surface area contributed by atoms with Crippen molar-refractivity contribution < 1.29 is 9.90 Å². The van der Waals surface area contributed by atoms with Gasteiger partial charge < -0.3 is 10.0 Å². The van der Waals surface area contributed by atoms with Gasteiger partial charge in [0.2, 0.25) is 0 Å². The lowest BCUT2D eigenvalue weighted by atomic mass is 10.0. The van der Waals surface area contributed by atoms with Crippen LogP contribution in [0.25, 0.3) is 0 Å². The molecular weight excluding hydrogens is 214 g/mol. The molecule has 0 saturated heterocycles. The first-order valence-electron chi connectivity index (χ1n) is 6.70. The Labute approximate surface area is 106 Å². The van der Waals surface area contributed by atoms with Crippen molar-refractivity contribution in [2.24, 2.45) is 5.92 Å². The molecule has 0 saturated carbocycles. The van der Waals surface area contributed by atoms with Crippen LogP contribution in [0.4, 0.5) is 0 Å². The highest BCUT2D eigenvalue weighted by atomic mass is 16.4. The maximum atomic E-state index is 10.6. The van der Waals surface area contributed by atoms with Crippen molar-refractivity contribution in [2.75, 3.05) is 19.6 Å². The standard InChI is InChI=1S/C14H27NO2/c1-4-7-13(8-9-14(16)17)12-15(10-5-2)11-6-3/h4,7,13H,5-6,8-12H2,1-3H3,(H,16,17)/b7-4+. The predicted octanol–water partition coefficient (Wildman–Crippen LogP) is 3.17. The van der Waals surface area contributed by atoms with Crippen LogP contribution in [0.1, 0.15) is 46.5 Å². The summed E-state index contributed by atoms with van der Waals surface area (Å²) in [6.07, 6.45) is 7.48. The molecule has 0 aliphatic heterocycles. The minimum atomic E-state index is -0.697. The minimum absolute atomic E-state index is 0.265. The maximum absolute atomic E-state index is 10.6. The molecule has 0 amide bonds. The van der Waals surface area contributed by atoms with Crippen molar-refractivity contribution in [3.63, 3.8) is 0 Å². The zero-order valence-corrected chi connectivity index (χ0v) is 11.5. The summed E-state index contributed by atoms with van der Waals surface area (Å²) >= 11 is 0. The second-order valence-corrected chi connectivity index (χ2v) is 4.52. The van der Waals surface area contributed by atoms with Crippen LogP contribution >= 0.6 is 0 Å². The molecule has 1 atom stereocenters. The van der Waals surface area contributed by atoms with Gasteiger partial charge in [0.05, 0.1) is 0 Å². The average Bonchev–Trinajstić information content (AvgIpc) is 2.27. The molecule has 0 aromatic heterocycles. The van der Waals surface area contributed by atoms with Crippen LogP contribution in [0.15, 0.2) is 12.2 Å².